The number of nitrogens with zero attached hydrogens (tertiary/aromatic N) is 1. The van der Waals surface area contributed by atoms with Gasteiger partial charge < -0.3 is 14.7 Å². The second-order valence-corrected chi connectivity index (χ2v) is 9.32. The average molecular weight is 456 g/mol. The van der Waals surface area contributed by atoms with Crippen LogP contribution in [0.3, 0.4) is 0 Å². The molecule has 178 valence electrons. The van der Waals surface area contributed by atoms with E-state index in [0.29, 0.717) is 13.0 Å². The Morgan fingerprint density at radius 1 is 0.912 bits per heavy atom. The zero-order valence-corrected chi connectivity index (χ0v) is 20.7. The smallest absolute Gasteiger partial charge is 0.119 e. The molecule has 2 unspecified atom stereocenters. The minimum Gasteiger partial charge on any atom is -0.492 e. The lowest BCUT2D eigenvalue weighted by molar-refractivity contribution is 0.0666. The lowest BCUT2D eigenvalue weighted by Gasteiger charge is -2.37. The zero-order valence-electron chi connectivity index (χ0n) is 20.7. The first-order valence-corrected chi connectivity index (χ1v) is 12.5. The van der Waals surface area contributed by atoms with Crippen molar-refractivity contribution >= 4 is 5.57 Å². The summed E-state index contributed by atoms with van der Waals surface area (Å²) >= 11 is 0. The molecule has 0 fully saturated rings. The molecular formula is C31H37NO2. The summed E-state index contributed by atoms with van der Waals surface area (Å²) in [5.41, 5.74) is 4.70. The van der Waals surface area contributed by atoms with E-state index in [2.05, 4.69) is 98.5 Å². The van der Waals surface area contributed by atoms with Gasteiger partial charge in [-0.1, -0.05) is 80.6 Å². The molecule has 0 aromatic heterocycles. The Labute approximate surface area is 204 Å². The van der Waals surface area contributed by atoms with Crippen LogP contribution in [0.15, 0.2) is 84.9 Å². The van der Waals surface area contributed by atoms with E-state index >= 15 is 0 Å². The van der Waals surface area contributed by atoms with E-state index in [-0.39, 0.29) is 5.92 Å². The summed E-state index contributed by atoms with van der Waals surface area (Å²) < 4.78 is 5.99. The molecule has 0 aliphatic heterocycles. The number of rotatable bonds is 9. The number of aliphatic hydroxyl groups is 1. The van der Waals surface area contributed by atoms with Crippen LogP contribution in [0.1, 0.15) is 54.9 Å². The maximum atomic E-state index is 12.0. The predicted octanol–water partition coefficient (Wildman–Crippen LogP) is 6.56. The Morgan fingerprint density at radius 2 is 1.59 bits per heavy atom. The van der Waals surface area contributed by atoms with Crippen LogP contribution < -0.4 is 4.74 Å². The van der Waals surface area contributed by atoms with Crippen LogP contribution in [-0.4, -0.2) is 36.2 Å². The van der Waals surface area contributed by atoms with Crippen LogP contribution in [-0.2, 0) is 5.60 Å². The van der Waals surface area contributed by atoms with E-state index in [4.69, 9.17) is 4.74 Å². The fourth-order valence-electron chi connectivity index (χ4n) is 5.13. The maximum Gasteiger partial charge on any atom is 0.119 e. The molecule has 0 heterocycles. The van der Waals surface area contributed by atoms with Gasteiger partial charge in [0.15, 0.2) is 0 Å². The number of benzene rings is 3. The second-order valence-electron chi connectivity index (χ2n) is 9.32. The predicted molar refractivity (Wildman–Crippen MR) is 141 cm³/mol. The molecule has 1 N–H and O–H groups in total. The van der Waals surface area contributed by atoms with Gasteiger partial charge in [-0.3, -0.25) is 0 Å². The summed E-state index contributed by atoms with van der Waals surface area (Å²) in [7, 11) is 0. The summed E-state index contributed by atoms with van der Waals surface area (Å²) in [6, 6.07) is 27.1. The molecule has 0 bridgehead atoms. The summed E-state index contributed by atoms with van der Waals surface area (Å²) in [6.07, 6.45) is 3.67. The van der Waals surface area contributed by atoms with Crippen molar-refractivity contribution in [1.82, 2.24) is 4.90 Å². The molecule has 0 amide bonds. The van der Waals surface area contributed by atoms with E-state index < -0.39 is 5.60 Å². The van der Waals surface area contributed by atoms with Crippen molar-refractivity contribution in [3.8, 4) is 5.75 Å². The molecule has 3 aromatic rings. The maximum absolute atomic E-state index is 12.0. The Kier molecular flexibility index (Phi) is 7.87. The van der Waals surface area contributed by atoms with Gasteiger partial charge in [-0.2, -0.15) is 0 Å². The fraction of sp³-hybridized carbons (Fsp3) is 0.355. The quantitative estimate of drug-likeness (QED) is 0.396. The van der Waals surface area contributed by atoms with Crippen LogP contribution in [0, 0.1) is 6.92 Å². The molecule has 3 heteroatoms. The molecule has 4 rings (SSSR count). The molecular weight excluding hydrogens is 418 g/mol. The lowest BCUT2D eigenvalue weighted by atomic mass is 9.71. The first-order chi connectivity index (χ1) is 16.5. The monoisotopic (exact) mass is 455 g/mol. The Hall–Kier alpha value is -2.88. The number of ether oxygens (including phenoxy) is 1. The van der Waals surface area contributed by atoms with Crippen molar-refractivity contribution in [2.24, 2.45) is 0 Å². The lowest BCUT2D eigenvalue weighted by Crippen LogP contribution is -2.30. The molecule has 1 aliphatic rings. The van der Waals surface area contributed by atoms with E-state index in [1.54, 1.807) is 0 Å². The molecule has 3 nitrogen and oxygen atoms in total. The summed E-state index contributed by atoms with van der Waals surface area (Å²) in [5, 5.41) is 12.0. The summed E-state index contributed by atoms with van der Waals surface area (Å²) in [6.45, 7) is 10.1. The van der Waals surface area contributed by atoms with Crippen molar-refractivity contribution in [2.75, 3.05) is 26.2 Å². The van der Waals surface area contributed by atoms with Crippen LogP contribution in [0.25, 0.3) is 5.57 Å². The Bertz CT molecular complexity index is 1090. The summed E-state index contributed by atoms with van der Waals surface area (Å²) in [5.74, 6) is 1.14. The van der Waals surface area contributed by atoms with E-state index in [1.165, 1.54) is 11.1 Å². The van der Waals surface area contributed by atoms with Gasteiger partial charge in [-0.25, -0.2) is 0 Å². The van der Waals surface area contributed by atoms with Gasteiger partial charge in [0.2, 0.25) is 0 Å². The third-order valence-corrected chi connectivity index (χ3v) is 7.12. The minimum absolute atomic E-state index is 0.246. The number of allylic oxidation sites excluding steroid dienone is 1. The van der Waals surface area contributed by atoms with Crippen molar-refractivity contribution in [3.05, 3.63) is 107 Å². The van der Waals surface area contributed by atoms with Crippen molar-refractivity contribution in [1.29, 1.82) is 0 Å². The average Bonchev–Trinajstić information content (AvgIpc) is 2.87. The van der Waals surface area contributed by atoms with Crippen molar-refractivity contribution in [3.63, 3.8) is 0 Å². The SMILES string of the molecule is CCN(CC)CCOc1ccc(C2=CC(O)(c3ccccc3C)CC(c3ccccc3)C2)cc1. The standard InChI is InChI=1S/C31H37NO2/c1-4-32(5-2)19-20-34-29-17-15-26(16-18-29)28-21-27(25-12-7-6-8-13-25)22-31(33,23-28)30-14-10-9-11-24(30)3/h6-18,23,27,33H,4-5,19-22H2,1-3H3. The van der Waals surface area contributed by atoms with Crippen LogP contribution in [0.2, 0.25) is 0 Å². The highest BCUT2D eigenvalue weighted by Crippen LogP contribution is 2.46. The highest BCUT2D eigenvalue weighted by Gasteiger charge is 2.37. The van der Waals surface area contributed by atoms with Gasteiger partial charge in [0.1, 0.15) is 18.0 Å². The zero-order chi connectivity index (χ0) is 24.0. The highest BCUT2D eigenvalue weighted by molar-refractivity contribution is 5.70. The van der Waals surface area contributed by atoms with Gasteiger partial charge in [0, 0.05) is 6.54 Å². The molecule has 0 saturated carbocycles. The third kappa shape index (κ3) is 5.60. The van der Waals surface area contributed by atoms with Gasteiger partial charge in [0.25, 0.3) is 0 Å². The van der Waals surface area contributed by atoms with Crippen molar-refractivity contribution in [2.45, 2.75) is 45.1 Å². The largest absolute Gasteiger partial charge is 0.492 e. The van der Waals surface area contributed by atoms with Gasteiger partial charge in [0.05, 0.1) is 0 Å². The minimum atomic E-state index is -1.00. The highest BCUT2D eigenvalue weighted by atomic mass is 16.5. The normalized spacial score (nSPS) is 20.3. The fourth-order valence-corrected chi connectivity index (χ4v) is 5.13. The number of hydrogen-bond donors (Lipinski definition) is 1. The van der Waals surface area contributed by atoms with Crippen LogP contribution in [0.4, 0.5) is 0 Å². The third-order valence-electron chi connectivity index (χ3n) is 7.12. The van der Waals surface area contributed by atoms with E-state index in [1.807, 2.05) is 12.1 Å². The molecule has 3 aromatic carbocycles. The first-order valence-electron chi connectivity index (χ1n) is 12.5. The number of hydrogen-bond acceptors (Lipinski definition) is 3. The number of aryl methyl sites for hydroxylation is 1. The van der Waals surface area contributed by atoms with E-state index in [0.717, 1.165) is 48.5 Å². The van der Waals surface area contributed by atoms with Crippen molar-refractivity contribution < 1.29 is 9.84 Å². The van der Waals surface area contributed by atoms with Crippen LogP contribution in [0.5, 0.6) is 5.75 Å². The second kappa shape index (κ2) is 11.0. The molecule has 0 radical (unpaired) electrons. The van der Waals surface area contributed by atoms with Gasteiger partial charge in [-0.05, 0) is 84.8 Å². The molecule has 0 spiro atoms. The topological polar surface area (TPSA) is 32.7 Å². The van der Waals surface area contributed by atoms with Gasteiger partial charge >= 0.3 is 0 Å². The molecule has 34 heavy (non-hydrogen) atoms. The summed E-state index contributed by atoms with van der Waals surface area (Å²) in [4.78, 5) is 2.36. The molecule has 0 saturated heterocycles. The number of likely N-dealkylation sites (N-methyl/N-ethyl adjacent to an activating group) is 1. The Morgan fingerprint density at radius 3 is 2.26 bits per heavy atom. The first kappa shape index (κ1) is 24.3. The van der Waals surface area contributed by atoms with E-state index in [9.17, 15) is 5.11 Å². The van der Waals surface area contributed by atoms with Crippen LogP contribution >= 0.6 is 0 Å². The Balaban J connectivity index is 1.60. The molecule has 2 atom stereocenters. The molecule has 1 aliphatic carbocycles. The van der Waals surface area contributed by atoms with Gasteiger partial charge in [-0.15, -0.1) is 0 Å².